The second-order valence-corrected chi connectivity index (χ2v) is 8.19. The number of hydrogen-bond donors (Lipinski definition) is 1. The highest BCUT2D eigenvalue weighted by Crippen LogP contribution is 2.59. The van der Waals surface area contributed by atoms with Crippen molar-refractivity contribution in [2.75, 3.05) is 24.5 Å². The summed E-state index contributed by atoms with van der Waals surface area (Å²) in [5, 5.41) is 9.15. The summed E-state index contributed by atoms with van der Waals surface area (Å²) in [6.07, 6.45) is 2.19. The van der Waals surface area contributed by atoms with Gasteiger partial charge in [-0.15, -0.1) is 0 Å². The smallest absolute Gasteiger partial charge is 0.307 e. The topological polar surface area (TPSA) is 77.9 Å². The van der Waals surface area contributed by atoms with Crippen LogP contribution in [0.2, 0.25) is 5.02 Å². The molecule has 6 nitrogen and oxygen atoms in total. The largest absolute Gasteiger partial charge is 0.481 e. The molecule has 2 unspecified atom stereocenters. The molecular formula is C19H20ClFN2O4. The molecule has 3 fully saturated rings. The first kappa shape index (κ1) is 18.2. The molecule has 2 atom stereocenters. The number of rotatable bonds is 3. The summed E-state index contributed by atoms with van der Waals surface area (Å²) in [5.41, 5.74) is 0.262. The number of carboxylic acids is 1. The quantitative estimate of drug-likeness (QED) is 0.854. The predicted molar refractivity (Wildman–Crippen MR) is 95.9 cm³/mol. The summed E-state index contributed by atoms with van der Waals surface area (Å²) in [6.45, 7) is 1.28. The number of halogens is 2. The van der Waals surface area contributed by atoms with Crippen LogP contribution >= 0.6 is 11.6 Å². The summed E-state index contributed by atoms with van der Waals surface area (Å²) >= 11 is 5.69. The Morgan fingerprint density at radius 2 is 1.96 bits per heavy atom. The van der Waals surface area contributed by atoms with Gasteiger partial charge in [-0.25, -0.2) is 4.39 Å². The van der Waals surface area contributed by atoms with Gasteiger partial charge in [-0.1, -0.05) is 11.6 Å². The zero-order valence-corrected chi connectivity index (χ0v) is 15.4. The highest BCUT2D eigenvalue weighted by atomic mass is 35.5. The minimum absolute atomic E-state index is 0.0139. The SMILES string of the molecule is O=C(O)C1CC12CCN(C(=O)C1CC(=O)N(c3ccc(Cl)c(F)c3)C1)CC2. The normalized spacial score (nSPS) is 26.5. The third-order valence-corrected chi connectivity index (χ3v) is 6.55. The van der Waals surface area contributed by atoms with Gasteiger partial charge in [-0.05, 0) is 42.9 Å². The molecule has 1 N–H and O–H groups in total. The van der Waals surface area contributed by atoms with Gasteiger partial charge < -0.3 is 14.9 Å². The molecule has 8 heteroatoms. The van der Waals surface area contributed by atoms with E-state index in [2.05, 4.69) is 0 Å². The zero-order valence-electron chi connectivity index (χ0n) is 14.7. The number of carbonyl (C=O) groups excluding carboxylic acids is 2. The second kappa shape index (κ2) is 6.48. The van der Waals surface area contributed by atoms with Crippen molar-refractivity contribution in [3.63, 3.8) is 0 Å². The molecule has 27 heavy (non-hydrogen) atoms. The van der Waals surface area contributed by atoms with Crippen molar-refractivity contribution in [3.05, 3.63) is 29.0 Å². The minimum Gasteiger partial charge on any atom is -0.481 e. The molecule has 1 aromatic rings. The van der Waals surface area contributed by atoms with Gasteiger partial charge in [-0.2, -0.15) is 0 Å². The third-order valence-electron chi connectivity index (χ3n) is 6.25. The number of anilines is 1. The van der Waals surface area contributed by atoms with Crippen molar-refractivity contribution in [1.82, 2.24) is 4.90 Å². The summed E-state index contributed by atoms with van der Waals surface area (Å²) in [4.78, 5) is 39.5. The van der Waals surface area contributed by atoms with Crippen LogP contribution in [0.3, 0.4) is 0 Å². The number of nitrogens with zero attached hydrogens (tertiary/aromatic N) is 2. The molecular weight excluding hydrogens is 375 g/mol. The third kappa shape index (κ3) is 3.18. The molecule has 1 saturated carbocycles. The van der Waals surface area contributed by atoms with Gasteiger partial charge in [0.25, 0.3) is 0 Å². The number of benzene rings is 1. The van der Waals surface area contributed by atoms with Crippen LogP contribution in [0.15, 0.2) is 18.2 Å². The van der Waals surface area contributed by atoms with Crippen molar-refractivity contribution in [2.45, 2.75) is 25.7 Å². The van der Waals surface area contributed by atoms with E-state index in [1.165, 1.54) is 17.0 Å². The molecule has 144 valence electrons. The van der Waals surface area contributed by atoms with E-state index < -0.39 is 17.7 Å². The number of amides is 2. The molecule has 1 aliphatic carbocycles. The van der Waals surface area contributed by atoms with Gasteiger partial charge in [0.05, 0.1) is 16.9 Å². The lowest BCUT2D eigenvalue weighted by Gasteiger charge is -2.34. The number of carboxylic acid groups (broad SMARTS) is 1. The highest BCUT2D eigenvalue weighted by molar-refractivity contribution is 6.30. The Kier molecular flexibility index (Phi) is 4.37. The lowest BCUT2D eigenvalue weighted by Crippen LogP contribution is -2.43. The second-order valence-electron chi connectivity index (χ2n) is 7.79. The molecule has 1 aromatic carbocycles. The number of piperidine rings is 1. The molecule has 0 bridgehead atoms. The van der Waals surface area contributed by atoms with Gasteiger partial charge >= 0.3 is 5.97 Å². The van der Waals surface area contributed by atoms with Gasteiger partial charge in [0.2, 0.25) is 11.8 Å². The van der Waals surface area contributed by atoms with Crippen LogP contribution in [0, 0.1) is 23.1 Å². The van der Waals surface area contributed by atoms with Crippen LogP contribution in [0.25, 0.3) is 0 Å². The Labute approximate surface area is 160 Å². The van der Waals surface area contributed by atoms with Crippen molar-refractivity contribution in [1.29, 1.82) is 0 Å². The fraction of sp³-hybridized carbons (Fsp3) is 0.526. The molecule has 3 aliphatic rings. The van der Waals surface area contributed by atoms with Gasteiger partial charge in [0.15, 0.2) is 0 Å². The van der Waals surface area contributed by atoms with E-state index >= 15 is 0 Å². The lowest BCUT2D eigenvalue weighted by atomic mass is 9.90. The molecule has 2 saturated heterocycles. The van der Waals surface area contributed by atoms with Crippen molar-refractivity contribution in [3.8, 4) is 0 Å². The maximum atomic E-state index is 13.7. The summed E-state index contributed by atoms with van der Waals surface area (Å²) in [7, 11) is 0. The average Bonchev–Trinajstić information content (AvgIpc) is 3.20. The first-order valence-electron chi connectivity index (χ1n) is 9.08. The van der Waals surface area contributed by atoms with E-state index in [1.54, 1.807) is 11.0 Å². The molecule has 2 aliphatic heterocycles. The Hall–Kier alpha value is -2.15. The number of hydrogen-bond acceptors (Lipinski definition) is 3. The Morgan fingerprint density at radius 3 is 2.56 bits per heavy atom. The maximum absolute atomic E-state index is 13.7. The summed E-state index contributed by atoms with van der Waals surface area (Å²) < 4.78 is 13.7. The highest BCUT2D eigenvalue weighted by Gasteiger charge is 2.59. The Balaban J connectivity index is 1.38. The van der Waals surface area contributed by atoms with E-state index in [1.807, 2.05) is 0 Å². The fourth-order valence-corrected chi connectivity index (χ4v) is 4.57. The minimum atomic E-state index is -0.748. The molecule has 4 rings (SSSR count). The van der Waals surface area contributed by atoms with E-state index in [0.29, 0.717) is 38.0 Å². The molecule has 2 amide bonds. The van der Waals surface area contributed by atoms with Gasteiger partial charge in [0.1, 0.15) is 5.82 Å². The number of likely N-dealkylation sites (tertiary alicyclic amines) is 1. The molecule has 0 aromatic heterocycles. The van der Waals surface area contributed by atoms with Crippen LogP contribution in [0.1, 0.15) is 25.7 Å². The average molecular weight is 395 g/mol. The Morgan fingerprint density at radius 1 is 1.26 bits per heavy atom. The van der Waals surface area contributed by atoms with Crippen LogP contribution in [-0.2, 0) is 14.4 Å². The van der Waals surface area contributed by atoms with Crippen molar-refractivity contribution in [2.24, 2.45) is 17.3 Å². The number of aliphatic carboxylic acids is 1. The molecule has 2 heterocycles. The standard InChI is InChI=1S/C19H20ClFN2O4/c20-14-2-1-12(8-15(14)21)23-10-11(7-16(23)24)17(25)22-5-3-19(4-6-22)9-13(19)18(26)27/h1-2,8,11,13H,3-7,9-10H2,(H,26,27). The van der Waals surface area contributed by atoms with E-state index in [0.717, 1.165) is 0 Å². The summed E-state index contributed by atoms with van der Waals surface area (Å²) in [6, 6.07) is 4.17. The maximum Gasteiger partial charge on any atom is 0.307 e. The monoisotopic (exact) mass is 394 g/mol. The van der Waals surface area contributed by atoms with Crippen LogP contribution in [0.5, 0.6) is 0 Å². The van der Waals surface area contributed by atoms with Gasteiger partial charge in [-0.3, -0.25) is 14.4 Å². The number of carbonyl (C=O) groups is 3. The first-order valence-corrected chi connectivity index (χ1v) is 9.45. The Bertz CT molecular complexity index is 822. The van der Waals surface area contributed by atoms with Crippen LogP contribution in [-0.4, -0.2) is 47.4 Å². The lowest BCUT2D eigenvalue weighted by molar-refractivity contribution is -0.140. The van der Waals surface area contributed by atoms with Crippen molar-refractivity contribution < 1.29 is 23.9 Å². The predicted octanol–water partition coefficient (Wildman–Crippen LogP) is 2.55. The summed E-state index contributed by atoms with van der Waals surface area (Å²) in [5.74, 6) is -2.38. The van der Waals surface area contributed by atoms with E-state index in [-0.39, 0.29) is 41.1 Å². The molecule has 0 radical (unpaired) electrons. The fourth-order valence-electron chi connectivity index (χ4n) is 4.46. The first-order chi connectivity index (χ1) is 12.8. The van der Waals surface area contributed by atoms with E-state index in [4.69, 9.17) is 16.7 Å². The van der Waals surface area contributed by atoms with Crippen LogP contribution in [0.4, 0.5) is 10.1 Å². The van der Waals surface area contributed by atoms with Crippen molar-refractivity contribution >= 4 is 35.1 Å². The van der Waals surface area contributed by atoms with Crippen LogP contribution < -0.4 is 4.90 Å². The molecule has 1 spiro atoms. The van der Waals surface area contributed by atoms with E-state index in [9.17, 15) is 18.8 Å². The van der Waals surface area contributed by atoms with Gasteiger partial charge in [0, 0.05) is 31.7 Å². The zero-order chi connectivity index (χ0) is 19.3.